The van der Waals surface area contributed by atoms with Gasteiger partial charge in [-0.2, -0.15) is 5.26 Å². The first-order valence-electron chi connectivity index (χ1n) is 11.9. The van der Waals surface area contributed by atoms with E-state index in [1.54, 1.807) is 20.3 Å². The lowest BCUT2D eigenvalue weighted by atomic mass is 10.0. The van der Waals surface area contributed by atoms with E-state index in [1.807, 2.05) is 84.9 Å². The van der Waals surface area contributed by atoms with Crippen LogP contribution in [0.15, 0.2) is 87.7 Å². The van der Waals surface area contributed by atoms with Gasteiger partial charge in [0, 0.05) is 23.3 Å². The van der Waals surface area contributed by atoms with E-state index in [4.69, 9.17) is 18.3 Å². The maximum Gasteiger partial charge on any atom is 0.227 e. The van der Waals surface area contributed by atoms with Gasteiger partial charge in [0.15, 0.2) is 11.2 Å². The summed E-state index contributed by atoms with van der Waals surface area (Å²) in [5.74, 6) is 2.44. The standard InChI is InChI=1S/C31H21N3O4/c1-35-24-11-13-28-26(16-24)33-30(37-28)21-7-4-19(5-8-21)3-6-20-9-10-22(15-23(20)18-32)31-34-27-17-25(36-2)12-14-29(27)38-31/h3-17H,1-2H3. The molecule has 4 aromatic carbocycles. The zero-order chi connectivity index (χ0) is 26.1. The van der Waals surface area contributed by atoms with E-state index in [0.717, 1.165) is 33.5 Å². The van der Waals surface area contributed by atoms with Gasteiger partial charge < -0.3 is 18.3 Å². The van der Waals surface area contributed by atoms with Crippen LogP contribution < -0.4 is 9.47 Å². The zero-order valence-corrected chi connectivity index (χ0v) is 20.6. The summed E-state index contributed by atoms with van der Waals surface area (Å²) in [5.41, 5.74) is 6.70. The highest BCUT2D eigenvalue weighted by Crippen LogP contribution is 2.30. The Balaban J connectivity index is 1.23. The molecule has 2 heterocycles. The van der Waals surface area contributed by atoms with Gasteiger partial charge in [-0.1, -0.05) is 30.4 Å². The summed E-state index contributed by atoms with van der Waals surface area (Å²) in [5, 5.41) is 9.77. The first kappa shape index (κ1) is 23.1. The number of nitrogens with zero attached hydrogens (tertiary/aromatic N) is 3. The molecular formula is C31H21N3O4. The van der Waals surface area contributed by atoms with Crippen molar-refractivity contribution in [1.29, 1.82) is 5.26 Å². The predicted molar refractivity (Wildman–Crippen MR) is 146 cm³/mol. The highest BCUT2D eigenvalue weighted by atomic mass is 16.5. The van der Waals surface area contributed by atoms with Gasteiger partial charge in [0.05, 0.1) is 25.9 Å². The number of ether oxygens (including phenoxy) is 2. The van der Waals surface area contributed by atoms with Gasteiger partial charge in [-0.25, -0.2) is 9.97 Å². The van der Waals surface area contributed by atoms with Gasteiger partial charge in [0.1, 0.15) is 22.5 Å². The van der Waals surface area contributed by atoms with Crippen molar-refractivity contribution in [2.24, 2.45) is 0 Å². The number of hydrogen-bond acceptors (Lipinski definition) is 7. The molecule has 0 saturated heterocycles. The minimum atomic E-state index is 0.452. The van der Waals surface area contributed by atoms with Crippen LogP contribution in [-0.2, 0) is 0 Å². The number of methoxy groups -OCH3 is 2. The van der Waals surface area contributed by atoms with Gasteiger partial charge in [-0.15, -0.1) is 0 Å². The fourth-order valence-corrected chi connectivity index (χ4v) is 4.17. The van der Waals surface area contributed by atoms with E-state index < -0.39 is 0 Å². The average Bonchev–Trinajstić information content (AvgIpc) is 3.59. The van der Waals surface area contributed by atoms with E-state index in [0.29, 0.717) is 39.8 Å². The summed E-state index contributed by atoms with van der Waals surface area (Å²) in [7, 11) is 3.23. The number of benzene rings is 4. The monoisotopic (exact) mass is 499 g/mol. The minimum Gasteiger partial charge on any atom is -0.497 e. The Morgan fingerprint density at radius 2 is 1.26 bits per heavy atom. The number of aromatic nitrogens is 2. The summed E-state index contributed by atoms with van der Waals surface area (Å²) in [6, 6.07) is 26.7. The SMILES string of the molecule is COc1ccc2oc(-c3ccc(C=Cc4ccc(-c5nc6cc(OC)ccc6o5)cc4C#N)cc3)nc2c1. The topological polar surface area (TPSA) is 94.3 Å². The van der Waals surface area contributed by atoms with E-state index in [9.17, 15) is 5.26 Å². The molecule has 0 aliphatic rings. The molecule has 0 spiro atoms. The molecule has 0 fully saturated rings. The van der Waals surface area contributed by atoms with Crippen LogP contribution in [0.3, 0.4) is 0 Å². The fourth-order valence-electron chi connectivity index (χ4n) is 4.17. The second-order valence-electron chi connectivity index (χ2n) is 8.57. The number of rotatable bonds is 6. The number of hydrogen-bond donors (Lipinski definition) is 0. The molecule has 38 heavy (non-hydrogen) atoms. The smallest absolute Gasteiger partial charge is 0.227 e. The normalized spacial score (nSPS) is 11.3. The molecule has 0 atom stereocenters. The van der Waals surface area contributed by atoms with Crippen molar-refractivity contribution < 1.29 is 18.3 Å². The van der Waals surface area contributed by atoms with Crippen molar-refractivity contribution in [3.8, 4) is 40.5 Å². The molecule has 0 saturated carbocycles. The van der Waals surface area contributed by atoms with Gasteiger partial charge in [0.25, 0.3) is 0 Å². The molecule has 0 aliphatic heterocycles. The first-order valence-corrected chi connectivity index (χ1v) is 11.9. The van der Waals surface area contributed by atoms with Gasteiger partial charge in [-0.05, 0) is 59.7 Å². The maximum atomic E-state index is 9.77. The van der Waals surface area contributed by atoms with Crippen LogP contribution in [0.1, 0.15) is 16.7 Å². The Morgan fingerprint density at radius 3 is 1.84 bits per heavy atom. The van der Waals surface area contributed by atoms with Crippen molar-refractivity contribution >= 4 is 34.4 Å². The van der Waals surface area contributed by atoms with E-state index in [1.165, 1.54) is 0 Å². The largest absolute Gasteiger partial charge is 0.497 e. The van der Waals surface area contributed by atoms with Crippen LogP contribution in [0.4, 0.5) is 0 Å². The van der Waals surface area contributed by atoms with Crippen molar-refractivity contribution in [1.82, 2.24) is 9.97 Å². The zero-order valence-electron chi connectivity index (χ0n) is 20.6. The Hall–Kier alpha value is -5.35. The Labute approximate surface area is 218 Å². The highest BCUT2D eigenvalue weighted by molar-refractivity contribution is 5.80. The molecule has 7 heteroatoms. The molecule has 0 unspecified atom stereocenters. The quantitative estimate of drug-likeness (QED) is 0.221. The molecule has 7 nitrogen and oxygen atoms in total. The van der Waals surface area contributed by atoms with Crippen molar-refractivity contribution in [2.45, 2.75) is 0 Å². The minimum absolute atomic E-state index is 0.452. The molecule has 184 valence electrons. The molecular weight excluding hydrogens is 478 g/mol. The molecule has 2 aromatic heterocycles. The summed E-state index contributed by atoms with van der Waals surface area (Å²) >= 11 is 0. The second-order valence-corrected chi connectivity index (χ2v) is 8.57. The lowest BCUT2D eigenvalue weighted by Crippen LogP contribution is -1.85. The average molecular weight is 500 g/mol. The summed E-state index contributed by atoms with van der Waals surface area (Å²) in [6.07, 6.45) is 3.88. The van der Waals surface area contributed by atoms with Gasteiger partial charge in [-0.3, -0.25) is 0 Å². The van der Waals surface area contributed by atoms with Crippen LogP contribution in [0, 0.1) is 11.3 Å². The number of fused-ring (bicyclic) bond motifs is 2. The highest BCUT2D eigenvalue weighted by Gasteiger charge is 2.12. The fraction of sp³-hybridized carbons (Fsp3) is 0.0645. The van der Waals surface area contributed by atoms with Crippen LogP contribution in [0.25, 0.3) is 57.3 Å². The Morgan fingerprint density at radius 1 is 0.684 bits per heavy atom. The van der Waals surface area contributed by atoms with Crippen molar-refractivity contribution in [3.63, 3.8) is 0 Å². The lowest BCUT2D eigenvalue weighted by molar-refractivity contribution is 0.415. The molecule has 0 bridgehead atoms. The molecule has 6 rings (SSSR count). The molecule has 0 amide bonds. The molecule has 0 aliphatic carbocycles. The van der Waals surface area contributed by atoms with Crippen molar-refractivity contribution in [2.75, 3.05) is 14.2 Å². The second kappa shape index (κ2) is 9.60. The van der Waals surface area contributed by atoms with Gasteiger partial charge >= 0.3 is 0 Å². The first-order chi connectivity index (χ1) is 18.6. The summed E-state index contributed by atoms with van der Waals surface area (Å²) < 4.78 is 22.3. The predicted octanol–water partition coefficient (Wildman–Crippen LogP) is 7.36. The Kier molecular flexibility index (Phi) is 5.83. The third kappa shape index (κ3) is 4.36. The lowest BCUT2D eigenvalue weighted by Gasteiger charge is -2.02. The van der Waals surface area contributed by atoms with Crippen LogP contribution in [0.2, 0.25) is 0 Å². The Bertz CT molecular complexity index is 1860. The van der Waals surface area contributed by atoms with E-state index in [2.05, 4.69) is 16.0 Å². The molecule has 0 radical (unpaired) electrons. The maximum absolute atomic E-state index is 9.77. The van der Waals surface area contributed by atoms with Gasteiger partial charge in [0.2, 0.25) is 11.8 Å². The van der Waals surface area contributed by atoms with Crippen molar-refractivity contribution in [3.05, 3.63) is 95.6 Å². The van der Waals surface area contributed by atoms with Crippen LogP contribution in [-0.4, -0.2) is 24.2 Å². The van der Waals surface area contributed by atoms with E-state index >= 15 is 0 Å². The number of nitriles is 1. The summed E-state index contributed by atoms with van der Waals surface area (Å²) in [4.78, 5) is 9.13. The molecule has 6 aromatic rings. The number of oxazole rings is 2. The molecule has 0 N–H and O–H groups in total. The van der Waals surface area contributed by atoms with E-state index in [-0.39, 0.29) is 0 Å². The van der Waals surface area contributed by atoms with Crippen LogP contribution in [0.5, 0.6) is 11.5 Å². The third-order valence-corrected chi connectivity index (χ3v) is 6.22. The van der Waals surface area contributed by atoms with Crippen LogP contribution >= 0.6 is 0 Å². The third-order valence-electron chi connectivity index (χ3n) is 6.22. The summed E-state index contributed by atoms with van der Waals surface area (Å²) in [6.45, 7) is 0.